The summed E-state index contributed by atoms with van der Waals surface area (Å²) in [6.07, 6.45) is 2.94. The molecule has 0 bridgehead atoms. The minimum atomic E-state index is -3.91. The molecule has 1 aromatic rings. The molecule has 4 nitrogen and oxygen atoms in total. The lowest BCUT2D eigenvalue weighted by atomic mass is 9.93. The second-order valence-corrected chi connectivity index (χ2v) is 8.10. The van der Waals surface area contributed by atoms with Crippen LogP contribution in [0.5, 0.6) is 0 Å². The molecule has 1 aliphatic carbocycles. The van der Waals surface area contributed by atoms with E-state index in [-0.39, 0.29) is 21.5 Å². The number of carbonyl (C=O) groups is 1. The van der Waals surface area contributed by atoms with Gasteiger partial charge in [-0.1, -0.05) is 11.6 Å². The van der Waals surface area contributed by atoms with Gasteiger partial charge in [-0.15, -0.1) is 0 Å². The normalized spacial score (nSPS) is 15.9. The van der Waals surface area contributed by atoms with Gasteiger partial charge in [0.25, 0.3) is 15.0 Å². The third-order valence-corrected chi connectivity index (χ3v) is 5.56. The first-order chi connectivity index (χ1) is 8.79. The van der Waals surface area contributed by atoms with E-state index in [1.807, 2.05) is 0 Å². The van der Waals surface area contributed by atoms with Crippen molar-refractivity contribution in [3.8, 4) is 0 Å². The summed E-state index contributed by atoms with van der Waals surface area (Å²) in [7, 11) is 1.37. The summed E-state index contributed by atoms with van der Waals surface area (Å²) in [6.45, 7) is 0. The van der Waals surface area contributed by atoms with E-state index >= 15 is 0 Å². The second-order valence-electron chi connectivity index (χ2n) is 4.31. The Morgan fingerprint density at radius 1 is 1.37 bits per heavy atom. The molecule has 8 heteroatoms. The first-order valence-electron chi connectivity index (χ1n) is 5.53. The number of benzene rings is 1. The SMILES string of the molecule is O=C(NC1CCC1)c1cc(S(=O)(=O)Cl)cc(Br)c1Cl. The number of halogens is 3. The zero-order valence-electron chi connectivity index (χ0n) is 9.62. The molecule has 0 aromatic heterocycles. The van der Waals surface area contributed by atoms with Crippen LogP contribution in [0, 0.1) is 0 Å². The predicted molar refractivity (Wildman–Crippen MR) is 77.3 cm³/mol. The van der Waals surface area contributed by atoms with Gasteiger partial charge >= 0.3 is 0 Å². The van der Waals surface area contributed by atoms with Gasteiger partial charge in [-0.3, -0.25) is 4.79 Å². The summed E-state index contributed by atoms with van der Waals surface area (Å²) in [5.74, 6) is -0.391. The average molecular weight is 387 g/mol. The minimum absolute atomic E-state index is 0.0992. The summed E-state index contributed by atoms with van der Waals surface area (Å²) < 4.78 is 23.0. The minimum Gasteiger partial charge on any atom is -0.349 e. The van der Waals surface area contributed by atoms with Gasteiger partial charge in [-0.05, 0) is 47.3 Å². The molecule has 1 aliphatic rings. The summed E-state index contributed by atoms with van der Waals surface area (Å²) in [5.41, 5.74) is 0.0992. The molecule has 104 valence electrons. The highest BCUT2D eigenvalue weighted by molar-refractivity contribution is 9.10. The quantitative estimate of drug-likeness (QED) is 0.810. The Labute approximate surface area is 129 Å². The number of amides is 1. The van der Waals surface area contributed by atoms with Gasteiger partial charge < -0.3 is 5.32 Å². The van der Waals surface area contributed by atoms with Crippen LogP contribution in [0.15, 0.2) is 21.5 Å². The standard InChI is InChI=1S/C11H10BrCl2NO3S/c12-9-5-7(19(14,17)18)4-8(10(9)13)11(16)15-6-2-1-3-6/h4-6H,1-3H2,(H,15,16). The van der Waals surface area contributed by atoms with Gasteiger partial charge in [0.15, 0.2) is 0 Å². The fourth-order valence-corrected chi connectivity index (χ4v) is 3.28. The Balaban J connectivity index is 2.37. The van der Waals surface area contributed by atoms with Gasteiger partial charge in [0.05, 0.1) is 15.5 Å². The van der Waals surface area contributed by atoms with Crippen molar-refractivity contribution in [3.63, 3.8) is 0 Å². The molecular weight excluding hydrogens is 377 g/mol. The van der Waals surface area contributed by atoms with Crippen molar-refractivity contribution in [2.24, 2.45) is 0 Å². The van der Waals surface area contributed by atoms with E-state index in [0.29, 0.717) is 4.47 Å². The summed E-state index contributed by atoms with van der Waals surface area (Å²) in [6, 6.07) is 2.59. The molecule has 2 rings (SSSR count). The number of carbonyl (C=O) groups excluding carboxylic acids is 1. The van der Waals surface area contributed by atoms with Crippen molar-refractivity contribution in [2.75, 3.05) is 0 Å². The molecule has 0 unspecified atom stereocenters. The van der Waals surface area contributed by atoms with E-state index in [2.05, 4.69) is 21.2 Å². The highest BCUT2D eigenvalue weighted by Gasteiger charge is 2.24. The zero-order chi connectivity index (χ0) is 14.2. The van der Waals surface area contributed by atoms with Crippen molar-refractivity contribution in [1.82, 2.24) is 5.32 Å². The van der Waals surface area contributed by atoms with E-state index < -0.39 is 15.0 Å². The summed E-state index contributed by atoms with van der Waals surface area (Å²) in [4.78, 5) is 11.9. The molecule has 1 fully saturated rings. The Bertz CT molecular complexity index is 629. The number of hydrogen-bond acceptors (Lipinski definition) is 3. The molecule has 1 saturated carbocycles. The molecule has 0 atom stereocenters. The molecule has 0 spiro atoms. The molecule has 0 radical (unpaired) electrons. The van der Waals surface area contributed by atoms with Gasteiger partial charge in [-0.25, -0.2) is 8.42 Å². The molecular formula is C11H10BrCl2NO3S. The van der Waals surface area contributed by atoms with Crippen LogP contribution in [0.3, 0.4) is 0 Å². The van der Waals surface area contributed by atoms with Crippen LogP contribution < -0.4 is 5.32 Å². The fourth-order valence-electron chi connectivity index (χ4n) is 1.69. The summed E-state index contributed by atoms with van der Waals surface area (Å²) >= 11 is 9.13. The smallest absolute Gasteiger partial charge is 0.261 e. The number of hydrogen-bond donors (Lipinski definition) is 1. The van der Waals surface area contributed by atoms with Gasteiger partial charge in [0.1, 0.15) is 0 Å². The lowest BCUT2D eigenvalue weighted by molar-refractivity contribution is 0.0917. The predicted octanol–water partition coefficient (Wildman–Crippen LogP) is 3.31. The van der Waals surface area contributed by atoms with E-state index in [0.717, 1.165) is 19.3 Å². The van der Waals surface area contributed by atoms with Crippen LogP contribution in [-0.4, -0.2) is 20.4 Å². The molecule has 1 N–H and O–H groups in total. The van der Waals surface area contributed by atoms with Crippen LogP contribution >= 0.6 is 38.2 Å². The molecule has 19 heavy (non-hydrogen) atoms. The first-order valence-corrected chi connectivity index (χ1v) is 9.01. The van der Waals surface area contributed by atoms with E-state index in [1.54, 1.807) is 0 Å². The van der Waals surface area contributed by atoms with Crippen molar-refractivity contribution >= 4 is 53.2 Å². The topological polar surface area (TPSA) is 63.2 Å². The Hall–Kier alpha value is -0.300. The van der Waals surface area contributed by atoms with Gasteiger partial charge in [0, 0.05) is 21.2 Å². The maximum Gasteiger partial charge on any atom is 0.261 e. The second kappa shape index (κ2) is 5.60. The first kappa shape index (κ1) is 15.1. The third kappa shape index (κ3) is 3.42. The van der Waals surface area contributed by atoms with Crippen LogP contribution in [0.25, 0.3) is 0 Å². The van der Waals surface area contributed by atoms with Crippen LogP contribution in [0.1, 0.15) is 29.6 Å². The average Bonchev–Trinajstić information content (AvgIpc) is 2.25. The lowest BCUT2D eigenvalue weighted by Gasteiger charge is -2.26. The van der Waals surface area contributed by atoms with Gasteiger partial charge in [0.2, 0.25) is 0 Å². The van der Waals surface area contributed by atoms with Crippen LogP contribution in [0.2, 0.25) is 5.02 Å². The molecule has 1 amide bonds. The maximum absolute atomic E-state index is 12.0. The largest absolute Gasteiger partial charge is 0.349 e. The third-order valence-electron chi connectivity index (χ3n) is 2.97. The highest BCUT2D eigenvalue weighted by Crippen LogP contribution is 2.31. The van der Waals surface area contributed by atoms with E-state index in [1.165, 1.54) is 12.1 Å². The highest BCUT2D eigenvalue weighted by atomic mass is 79.9. The summed E-state index contributed by atoms with van der Waals surface area (Å²) in [5, 5.41) is 2.96. The van der Waals surface area contributed by atoms with Gasteiger partial charge in [-0.2, -0.15) is 0 Å². The molecule has 0 saturated heterocycles. The molecule has 0 heterocycles. The van der Waals surface area contributed by atoms with Crippen molar-refractivity contribution in [1.29, 1.82) is 0 Å². The van der Waals surface area contributed by atoms with Crippen molar-refractivity contribution in [3.05, 3.63) is 27.2 Å². The lowest BCUT2D eigenvalue weighted by Crippen LogP contribution is -2.39. The monoisotopic (exact) mass is 385 g/mol. The Morgan fingerprint density at radius 2 is 2.00 bits per heavy atom. The maximum atomic E-state index is 12.0. The zero-order valence-corrected chi connectivity index (χ0v) is 13.5. The number of rotatable bonds is 3. The fraction of sp³-hybridized carbons (Fsp3) is 0.364. The Kier molecular flexibility index (Phi) is 4.45. The molecule has 0 aliphatic heterocycles. The van der Waals surface area contributed by atoms with Crippen molar-refractivity contribution in [2.45, 2.75) is 30.2 Å². The Morgan fingerprint density at radius 3 is 2.47 bits per heavy atom. The van der Waals surface area contributed by atoms with E-state index in [4.69, 9.17) is 22.3 Å². The van der Waals surface area contributed by atoms with E-state index in [9.17, 15) is 13.2 Å². The molecule has 1 aromatic carbocycles. The number of nitrogens with one attached hydrogen (secondary N) is 1. The van der Waals surface area contributed by atoms with Crippen LogP contribution in [-0.2, 0) is 9.05 Å². The van der Waals surface area contributed by atoms with Crippen LogP contribution in [0.4, 0.5) is 0 Å². The van der Waals surface area contributed by atoms with Crippen molar-refractivity contribution < 1.29 is 13.2 Å².